The molecule has 0 bridgehead atoms. The van der Waals surface area contributed by atoms with Gasteiger partial charge in [0.25, 0.3) is 5.56 Å². The quantitative estimate of drug-likeness (QED) is 0.634. The van der Waals surface area contributed by atoms with E-state index in [-0.39, 0.29) is 24.1 Å². The Balaban J connectivity index is 1.30. The minimum absolute atomic E-state index is 0.163. The lowest BCUT2D eigenvalue weighted by Crippen LogP contribution is -2.35. The lowest BCUT2D eigenvalue weighted by atomic mass is 10.1. The Morgan fingerprint density at radius 2 is 1.77 bits per heavy atom. The molecule has 0 saturated carbocycles. The first-order chi connectivity index (χ1) is 14.6. The van der Waals surface area contributed by atoms with Crippen LogP contribution < -0.4 is 10.9 Å². The van der Waals surface area contributed by atoms with Crippen molar-refractivity contribution in [2.45, 2.75) is 38.6 Å². The number of nitrogens with zero attached hydrogens (tertiary/aromatic N) is 4. The van der Waals surface area contributed by atoms with Crippen molar-refractivity contribution in [3.63, 3.8) is 0 Å². The van der Waals surface area contributed by atoms with Crippen LogP contribution in [0, 0.1) is 0 Å². The lowest BCUT2D eigenvalue weighted by molar-refractivity contribution is -0.122. The number of aliphatic hydroxyl groups excluding tert-OH is 1. The second kappa shape index (κ2) is 9.15. The summed E-state index contributed by atoms with van der Waals surface area (Å²) in [6.45, 7) is 2.90. The van der Waals surface area contributed by atoms with Gasteiger partial charge in [-0.25, -0.2) is 4.68 Å². The molecule has 2 N–H and O–H groups in total. The molecular formula is C22H25N5O3. The van der Waals surface area contributed by atoms with Gasteiger partial charge >= 0.3 is 0 Å². The highest BCUT2D eigenvalue weighted by Gasteiger charge is 2.16. The summed E-state index contributed by atoms with van der Waals surface area (Å²) in [4.78, 5) is 27.0. The van der Waals surface area contributed by atoms with Gasteiger partial charge < -0.3 is 10.4 Å². The van der Waals surface area contributed by atoms with E-state index >= 15 is 0 Å². The SMILES string of the molecule is O=C(Cn1nnc2ccccc2c1=O)NCc1ccc(CN2CCC(O)CC2)cc1. The van der Waals surface area contributed by atoms with Gasteiger partial charge in [-0.2, -0.15) is 0 Å². The first-order valence-corrected chi connectivity index (χ1v) is 10.2. The van der Waals surface area contributed by atoms with Crippen LogP contribution in [0.2, 0.25) is 0 Å². The standard InChI is InChI=1S/C22H25N5O3/c28-18-9-11-26(12-10-18)14-17-7-5-16(6-8-17)13-23-21(29)15-27-22(30)19-3-1-2-4-20(19)24-25-27/h1-8,18,28H,9-15H2,(H,23,29). The van der Waals surface area contributed by atoms with Gasteiger partial charge in [-0.3, -0.25) is 14.5 Å². The highest BCUT2D eigenvalue weighted by molar-refractivity contribution is 5.78. The van der Waals surface area contributed by atoms with Crippen molar-refractivity contribution in [1.29, 1.82) is 0 Å². The number of rotatable bonds is 6. The van der Waals surface area contributed by atoms with Crippen molar-refractivity contribution in [2.24, 2.45) is 0 Å². The fourth-order valence-corrected chi connectivity index (χ4v) is 3.62. The fraction of sp³-hybridized carbons (Fsp3) is 0.364. The second-order valence-corrected chi connectivity index (χ2v) is 7.67. The van der Waals surface area contributed by atoms with E-state index in [1.54, 1.807) is 24.3 Å². The van der Waals surface area contributed by atoms with Gasteiger partial charge in [0.2, 0.25) is 5.91 Å². The number of likely N-dealkylation sites (tertiary alicyclic amines) is 1. The minimum Gasteiger partial charge on any atom is -0.393 e. The number of carbonyl (C=O) groups is 1. The van der Waals surface area contributed by atoms with Gasteiger partial charge in [0, 0.05) is 26.2 Å². The molecule has 3 aromatic rings. The summed E-state index contributed by atoms with van der Waals surface area (Å²) in [7, 11) is 0. The van der Waals surface area contributed by atoms with Crippen molar-refractivity contribution in [3.8, 4) is 0 Å². The zero-order chi connectivity index (χ0) is 20.9. The zero-order valence-corrected chi connectivity index (χ0v) is 16.7. The Morgan fingerprint density at radius 1 is 1.07 bits per heavy atom. The molecule has 0 unspecified atom stereocenters. The van der Waals surface area contributed by atoms with Crippen LogP contribution >= 0.6 is 0 Å². The Kier molecular flexibility index (Phi) is 6.15. The first-order valence-electron chi connectivity index (χ1n) is 10.2. The number of amides is 1. The average Bonchev–Trinajstić information content (AvgIpc) is 2.77. The maximum atomic E-state index is 12.4. The molecule has 1 aromatic heterocycles. The molecule has 1 fully saturated rings. The topological polar surface area (TPSA) is 100 Å². The first kappa shape index (κ1) is 20.2. The van der Waals surface area contributed by atoms with Gasteiger partial charge in [-0.05, 0) is 36.1 Å². The van der Waals surface area contributed by atoms with E-state index in [0.717, 1.165) is 42.7 Å². The Hall–Kier alpha value is -3.10. The van der Waals surface area contributed by atoms with E-state index < -0.39 is 0 Å². The molecule has 0 atom stereocenters. The van der Waals surface area contributed by atoms with Crippen molar-refractivity contribution in [1.82, 2.24) is 25.2 Å². The number of aromatic nitrogens is 3. The van der Waals surface area contributed by atoms with Gasteiger partial charge in [-0.15, -0.1) is 5.10 Å². The third-order valence-corrected chi connectivity index (χ3v) is 5.40. The third kappa shape index (κ3) is 4.90. The summed E-state index contributed by atoms with van der Waals surface area (Å²) in [6.07, 6.45) is 1.49. The van der Waals surface area contributed by atoms with Crippen LogP contribution in [0.5, 0.6) is 0 Å². The van der Waals surface area contributed by atoms with E-state index in [1.165, 1.54) is 5.56 Å². The predicted molar refractivity (Wildman–Crippen MR) is 113 cm³/mol. The lowest BCUT2D eigenvalue weighted by Gasteiger charge is -2.29. The van der Waals surface area contributed by atoms with Gasteiger partial charge in [-0.1, -0.05) is 41.6 Å². The monoisotopic (exact) mass is 407 g/mol. The van der Waals surface area contributed by atoms with Crippen LogP contribution in [0.4, 0.5) is 0 Å². The number of fused-ring (bicyclic) bond motifs is 1. The molecule has 30 heavy (non-hydrogen) atoms. The normalized spacial score (nSPS) is 15.4. The molecule has 0 radical (unpaired) electrons. The summed E-state index contributed by atoms with van der Waals surface area (Å²) in [5, 5.41) is 20.7. The summed E-state index contributed by atoms with van der Waals surface area (Å²) >= 11 is 0. The van der Waals surface area contributed by atoms with Gasteiger partial charge in [0.1, 0.15) is 12.1 Å². The molecule has 2 aromatic carbocycles. The maximum absolute atomic E-state index is 12.4. The third-order valence-electron chi connectivity index (χ3n) is 5.40. The number of carbonyl (C=O) groups excluding carboxylic acids is 1. The molecule has 0 aliphatic carbocycles. The van der Waals surface area contributed by atoms with E-state index in [9.17, 15) is 14.7 Å². The minimum atomic E-state index is -0.328. The Labute approximate surface area is 174 Å². The number of aliphatic hydroxyl groups is 1. The maximum Gasteiger partial charge on any atom is 0.278 e. The van der Waals surface area contributed by atoms with Crippen molar-refractivity contribution < 1.29 is 9.90 Å². The molecule has 0 spiro atoms. The van der Waals surface area contributed by atoms with Crippen LogP contribution in [0.1, 0.15) is 24.0 Å². The molecule has 8 nitrogen and oxygen atoms in total. The van der Waals surface area contributed by atoms with Crippen LogP contribution in [0.25, 0.3) is 10.9 Å². The molecule has 4 rings (SSSR count). The van der Waals surface area contributed by atoms with Crippen molar-refractivity contribution >= 4 is 16.8 Å². The molecule has 1 saturated heterocycles. The number of hydrogen-bond donors (Lipinski definition) is 2. The number of benzene rings is 2. The van der Waals surface area contributed by atoms with Gasteiger partial charge in [0.15, 0.2) is 0 Å². The molecule has 2 heterocycles. The number of piperidine rings is 1. The van der Waals surface area contributed by atoms with E-state index in [2.05, 4.69) is 32.7 Å². The highest BCUT2D eigenvalue weighted by Crippen LogP contribution is 2.14. The molecule has 156 valence electrons. The molecule has 8 heteroatoms. The Morgan fingerprint density at radius 3 is 2.53 bits per heavy atom. The molecule has 1 aliphatic rings. The molecular weight excluding hydrogens is 382 g/mol. The van der Waals surface area contributed by atoms with E-state index in [4.69, 9.17) is 0 Å². The highest BCUT2D eigenvalue weighted by atomic mass is 16.3. The van der Waals surface area contributed by atoms with Crippen LogP contribution in [0.15, 0.2) is 53.3 Å². The summed E-state index contributed by atoms with van der Waals surface area (Å²) in [5.74, 6) is -0.294. The fourth-order valence-electron chi connectivity index (χ4n) is 3.62. The van der Waals surface area contributed by atoms with Crippen LogP contribution in [-0.2, 0) is 24.4 Å². The van der Waals surface area contributed by atoms with E-state index in [0.29, 0.717) is 17.4 Å². The van der Waals surface area contributed by atoms with Crippen LogP contribution in [-0.4, -0.2) is 50.1 Å². The molecule has 1 aliphatic heterocycles. The Bertz CT molecular complexity index is 1070. The number of hydrogen-bond acceptors (Lipinski definition) is 6. The van der Waals surface area contributed by atoms with Gasteiger partial charge in [0.05, 0.1) is 11.5 Å². The smallest absolute Gasteiger partial charge is 0.278 e. The predicted octanol–water partition coefficient (Wildman–Crippen LogP) is 1.06. The zero-order valence-electron chi connectivity index (χ0n) is 16.7. The largest absolute Gasteiger partial charge is 0.393 e. The summed E-state index contributed by atoms with van der Waals surface area (Å²) in [6, 6.07) is 15.1. The van der Waals surface area contributed by atoms with Crippen molar-refractivity contribution in [2.75, 3.05) is 13.1 Å². The van der Waals surface area contributed by atoms with Crippen LogP contribution in [0.3, 0.4) is 0 Å². The molecule has 1 amide bonds. The van der Waals surface area contributed by atoms with Crippen molar-refractivity contribution in [3.05, 3.63) is 70.0 Å². The van der Waals surface area contributed by atoms with E-state index in [1.807, 2.05) is 12.1 Å². The number of nitrogens with one attached hydrogen (secondary N) is 1. The average molecular weight is 407 g/mol. The second-order valence-electron chi connectivity index (χ2n) is 7.67. The summed E-state index contributed by atoms with van der Waals surface area (Å²) < 4.78 is 1.08. The summed E-state index contributed by atoms with van der Waals surface area (Å²) in [5.41, 5.74) is 2.38.